The van der Waals surface area contributed by atoms with Crippen molar-refractivity contribution in [1.29, 1.82) is 0 Å². The SMILES string of the molecule is CC/C=C\C/C=C\C/C=C\C/C=C\C/C=C\C/C=C\CCCCC(=O)NCCOP(=O)(O)OCC(O)COC(=O)CCCCCCCCCCCCCCCCCC. The molecule has 3 N–H and O–H groups in total. The van der Waals surface area contributed by atoms with Crippen molar-refractivity contribution < 1.29 is 37.9 Å². The quantitative estimate of drug-likeness (QED) is 0.0240. The highest BCUT2D eigenvalue weighted by molar-refractivity contribution is 7.47. The number of carbonyl (C=O) groups excluding carboxylic acids is 2. The number of phosphoric acid groups is 1. The molecular weight excluding hydrogens is 750 g/mol. The van der Waals surface area contributed by atoms with Crippen molar-refractivity contribution >= 4 is 19.7 Å². The fraction of sp³-hybridized carbons (Fsp3) is 0.708. The number of amides is 1. The van der Waals surface area contributed by atoms with Crippen LogP contribution in [0.25, 0.3) is 0 Å². The molecule has 0 aliphatic carbocycles. The van der Waals surface area contributed by atoms with Crippen LogP contribution in [-0.4, -0.2) is 54.3 Å². The van der Waals surface area contributed by atoms with Crippen LogP contribution in [0.2, 0.25) is 0 Å². The smallest absolute Gasteiger partial charge is 0.463 e. The molecule has 0 rings (SSSR count). The van der Waals surface area contributed by atoms with Crippen LogP contribution in [0.5, 0.6) is 0 Å². The third kappa shape index (κ3) is 44.6. The first kappa shape index (κ1) is 55.5. The highest BCUT2D eigenvalue weighted by Crippen LogP contribution is 2.42. The summed E-state index contributed by atoms with van der Waals surface area (Å²) < 4.78 is 26.9. The molecule has 0 aromatic rings. The molecular formula is C48H84NO8P. The number of rotatable bonds is 42. The van der Waals surface area contributed by atoms with E-state index in [0.717, 1.165) is 77.0 Å². The van der Waals surface area contributed by atoms with Gasteiger partial charge in [-0.2, -0.15) is 0 Å². The summed E-state index contributed by atoms with van der Waals surface area (Å²) in [7, 11) is -4.43. The normalized spacial score (nSPS) is 13.9. The monoisotopic (exact) mass is 834 g/mol. The number of phosphoric ester groups is 1. The molecule has 0 fully saturated rings. The largest absolute Gasteiger partial charge is 0.472 e. The average molecular weight is 834 g/mol. The second-order valence-corrected chi connectivity index (χ2v) is 16.5. The first-order chi connectivity index (χ1) is 28.3. The fourth-order valence-electron chi connectivity index (χ4n) is 5.97. The molecule has 0 aromatic heterocycles. The van der Waals surface area contributed by atoms with Gasteiger partial charge < -0.3 is 20.1 Å². The molecule has 58 heavy (non-hydrogen) atoms. The second kappa shape index (κ2) is 44.0. The Balaban J connectivity index is 3.67. The van der Waals surface area contributed by atoms with Gasteiger partial charge in [0.25, 0.3) is 0 Å². The summed E-state index contributed by atoms with van der Waals surface area (Å²) in [4.78, 5) is 33.9. The maximum Gasteiger partial charge on any atom is 0.472 e. The minimum atomic E-state index is -4.43. The summed E-state index contributed by atoms with van der Waals surface area (Å²) in [6.45, 7) is 3.39. The summed E-state index contributed by atoms with van der Waals surface area (Å²) in [6, 6.07) is 0. The molecule has 0 bridgehead atoms. The van der Waals surface area contributed by atoms with Gasteiger partial charge in [-0.05, 0) is 64.2 Å². The number of ether oxygens (including phenoxy) is 1. The number of hydrogen-bond donors (Lipinski definition) is 3. The maximum absolute atomic E-state index is 12.1. The van der Waals surface area contributed by atoms with Gasteiger partial charge in [-0.1, -0.05) is 183 Å². The average Bonchev–Trinajstić information content (AvgIpc) is 3.21. The Bertz CT molecular complexity index is 1180. The Morgan fingerprint density at radius 2 is 0.983 bits per heavy atom. The molecule has 10 heteroatoms. The first-order valence-electron chi connectivity index (χ1n) is 22.9. The molecule has 2 unspecified atom stereocenters. The van der Waals surface area contributed by atoms with Crippen LogP contribution < -0.4 is 5.32 Å². The predicted molar refractivity (Wildman–Crippen MR) is 243 cm³/mol. The highest BCUT2D eigenvalue weighted by Gasteiger charge is 2.23. The van der Waals surface area contributed by atoms with Crippen LogP contribution >= 0.6 is 7.82 Å². The third-order valence-electron chi connectivity index (χ3n) is 9.40. The van der Waals surface area contributed by atoms with E-state index < -0.39 is 26.5 Å². The van der Waals surface area contributed by atoms with Crippen molar-refractivity contribution in [1.82, 2.24) is 5.32 Å². The lowest BCUT2D eigenvalue weighted by atomic mass is 10.0. The Morgan fingerprint density at radius 3 is 1.47 bits per heavy atom. The van der Waals surface area contributed by atoms with E-state index in [4.69, 9.17) is 13.8 Å². The van der Waals surface area contributed by atoms with Gasteiger partial charge in [-0.15, -0.1) is 0 Å². The summed E-state index contributed by atoms with van der Waals surface area (Å²) >= 11 is 0. The topological polar surface area (TPSA) is 131 Å². The van der Waals surface area contributed by atoms with Gasteiger partial charge in [0.1, 0.15) is 12.7 Å². The number of esters is 1. The number of aliphatic hydroxyl groups is 1. The molecule has 0 spiro atoms. The van der Waals surface area contributed by atoms with Crippen LogP contribution in [0.1, 0.15) is 187 Å². The van der Waals surface area contributed by atoms with Crippen LogP contribution in [0.4, 0.5) is 0 Å². The molecule has 0 aliphatic rings. The van der Waals surface area contributed by atoms with E-state index in [1.165, 1.54) is 83.5 Å². The number of nitrogens with one attached hydrogen (secondary N) is 1. The zero-order valence-corrected chi connectivity index (χ0v) is 37.6. The van der Waals surface area contributed by atoms with Crippen LogP contribution in [0, 0.1) is 0 Å². The van der Waals surface area contributed by atoms with E-state index in [9.17, 15) is 24.2 Å². The van der Waals surface area contributed by atoms with Crippen molar-refractivity contribution in [3.63, 3.8) is 0 Å². The maximum atomic E-state index is 12.1. The minimum Gasteiger partial charge on any atom is -0.463 e. The van der Waals surface area contributed by atoms with E-state index in [0.29, 0.717) is 6.42 Å². The predicted octanol–water partition coefficient (Wildman–Crippen LogP) is 13.0. The number of unbranched alkanes of at least 4 members (excludes halogenated alkanes) is 17. The van der Waals surface area contributed by atoms with Crippen molar-refractivity contribution in [2.75, 3.05) is 26.4 Å². The number of allylic oxidation sites excluding steroid dienone is 12. The zero-order valence-electron chi connectivity index (χ0n) is 36.7. The van der Waals surface area contributed by atoms with E-state index in [-0.39, 0.29) is 32.1 Å². The van der Waals surface area contributed by atoms with Crippen molar-refractivity contribution in [2.45, 2.75) is 193 Å². The molecule has 334 valence electrons. The lowest BCUT2D eigenvalue weighted by Crippen LogP contribution is -2.27. The minimum absolute atomic E-state index is 0.0550. The molecule has 0 saturated heterocycles. The molecule has 2 atom stereocenters. The van der Waals surface area contributed by atoms with E-state index >= 15 is 0 Å². The second-order valence-electron chi connectivity index (χ2n) is 15.0. The molecule has 0 radical (unpaired) electrons. The Kier molecular flexibility index (Phi) is 42.1. The fourth-order valence-corrected chi connectivity index (χ4v) is 6.73. The molecule has 0 saturated carbocycles. The van der Waals surface area contributed by atoms with Crippen molar-refractivity contribution in [3.05, 3.63) is 72.9 Å². The third-order valence-corrected chi connectivity index (χ3v) is 10.4. The Morgan fingerprint density at radius 1 is 0.552 bits per heavy atom. The first-order valence-corrected chi connectivity index (χ1v) is 24.4. The van der Waals surface area contributed by atoms with Gasteiger partial charge in [0.15, 0.2) is 0 Å². The van der Waals surface area contributed by atoms with Gasteiger partial charge in [0.2, 0.25) is 5.91 Å². The van der Waals surface area contributed by atoms with E-state index in [1.54, 1.807) is 0 Å². The highest BCUT2D eigenvalue weighted by atomic mass is 31.2. The molecule has 1 amide bonds. The van der Waals surface area contributed by atoms with Gasteiger partial charge in [-0.25, -0.2) is 4.57 Å². The number of aliphatic hydroxyl groups excluding tert-OH is 1. The van der Waals surface area contributed by atoms with Gasteiger partial charge in [0.05, 0.1) is 13.2 Å². The van der Waals surface area contributed by atoms with Gasteiger partial charge in [-0.3, -0.25) is 18.6 Å². The number of hydrogen-bond acceptors (Lipinski definition) is 7. The van der Waals surface area contributed by atoms with Crippen LogP contribution in [0.3, 0.4) is 0 Å². The Labute approximate surface area is 354 Å². The van der Waals surface area contributed by atoms with Crippen molar-refractivity contribution in [2.24, 2.45) is 0 Å². The summed E-state index contributed by atoms with van der Waals surface area (Å²) in [5, 5.41) is 12.7. The lowest BCUT2D eigenvalue weighted by molar-refractivity contribution is -0.147. The Hall–Kier alpha value is -2.55. The summed E-state index contributed by atoms with van der Waals surface area (Å²) in [5.74, 6) is -0.561. The van der Waals surface area contributed by atoms with Crippen molar-refractivity contribution in [3.8, 4) is 0 Å². The van der Waals surface area contributed by atoms with Crippen LogP contribution in [-0.2, 0) is 27.9 Å². The molecule has 0 aliphatic heterocycles. The van der Waals surface area contributed by atoms with Crippen LogP contribution in [0.15, 0.2) is 72.9 Å². The molecule has 0 aromatic carbocycles. The van der Waals surface area contributed by atoms with E-state index in [1.807, 2.05) is 0 Å². The standard InChI is InChI=1S/C48H84NO8P/c1-3-5-7-9-11-13-15-17-19-21-22-23-24-25-26-28-30-32-34-36-38-40-47(51)49-42-43-56-58(53,54)57-45-46(50)44-55-48(52)41-39-37-35-33-31-29-27-20-18-16-14-12-10-8-6-4-2/h5,7,11,13,17,19,22-23,25-26,30,32,46,50H,3-4,6,8-10,12,14-16,18,20-21,24,27-29,31,33-45H2,1-2H3,(H,49,51)(H,53,54)/b7-5-,13-11-,19-17-,23-22-,26-25-,32-30-. The van der Waals surface area contributed by atoms with Gasteiger partial charge >= 0.3 is 13.8 Å². The molecule has 0 heterocycles. The zero-order chi connectivity index (χ0) is 42.5. The molecule has 9 nitrogen and oxygen atoms in total. The summed E-state index contributed by atoms with van der Waals surface area (Å²) in [5.41, 5.74) is 0. The summed E-state index contributed by atoms with van der Waals surface area (Å²) in [6.07, 6.45) is 54.1. The number of carbonyl (C=O) groups is 2. The lowest BCUT2D eigenvalue weighted by Gasteiger charge is -2.15. The van der Waals surface area contributed by atoms with E-state index in [2.05, 4.69) is 92.1 Å². The van der Waals surface area contributed by atoms with Gasteiger partial charge in [0, 0.05) is 19.4 Å².